The number of amides is 1. The van der Waals surface area contributed by atoms with Crippen LogP contribution in [0.15, 0.2) is 118 Å². The molecule has 2 atom stereocenters. The van der Waals surface area contributed by atoms with Crippen molar-refractivity contribution in [1.82, 2.24) is 9.80 Å². The highest BCUT2D eigenvalue weighted by atomic mass is 32.2. The van der Waals surface area contributed by atoms with Crippen molar-refractivity contribution in [3.63, 3.8) is 0 Å². The fourth-order valence-electron chi connectivity index (χ4n) is 7.93. The minimum atomic E-state index is -0.926. The molecule has 0 spiro atoms. The highest BCUT2D eigenvalue weighted by Crippen LogP contribution is 2.53. The second kappa shape index (κ2) is 14.8. The molecule has 0 radical (unpaired) electrons. The first-order valence-electron chi connectivity index (χ1n) is 17.9. The van der Waals surface area contributed by atoms with E-state index in [-0.39, 0.29) is 12.5 Å². The fraction of sp³-hybridized carbons (Fsp3) is 0.233. The zero-order valence-electron chi connectivity index (χ0n) is 28.9. The number of thiocarbonyl (C=S) groups is 1. The van der Waals surface area contributed by atoms with E-state index in [1.165, 1.54) is 63.6 Å². The maximum atomic E-state index is 13.3. The van der Waals surface area contributed by atoms with Crippen molar-refractivity contribution >= 4 is 81.0 Å². The molecule has 4 aromatic carbocycles. The Morgan fingerprint density at radius 2 is 1.60 bits per heavy atom. The van der Waals surface area contributed by atoms with E-state index < -0.39 is 5.97 Å². The summed E-state index contributed by atoms with van der Waals surface area (Å²) >= 11 is 8.28. The minimum Gasteiger partial charge on any atom is -0.480 e. The maximum Gasteiger partial charge on any atom is 0.323 e. The maximum absolute atomic E-state index is 13.3. The fourth-order valence-corrected chi connectivity index (χ4v) is 10.6. The van der Waals surface area contributed by atoms with Crippen molar-refractivity contribution in [1.29, 1.82) is 0 Å². The van der Waals surface area contributed by atoms with Crippen LogP contribution in [0.4, 0.5) is 11.4 Å². The van der Waals surface area contributed by atoms with Crippen molar-refractivity contribution in [2.75, 3.05) is 24.5 Å². The second-order valence-electron chi connectivity index (χ2n) is 13.6. The molecule has 6 nitrogen and oxygen atoms in total. The molecule has 3 heterocycles. The first-order chi connectivity index (χ1) is 25.4. The van der Waals surface area contributed by atoms with Crippen LogP contribution in [0.25, 0.3) is 17.7 Å². The summed E-state index contributed by atoms with van der Waals surface area (Å²) in [6.07, 6.45) is 8.76. The van der Waals surface area contributed by atoms with E-state index in [9.17, 15) is 14.7 Å². The highest BCUT2D eigenvalue weighted by Gasteiger charge is 2.42. The van der Waals surface area contributed by atoms with Gasteiger partial charge in [0.1, 0.15) is 15.8 Å². The van der Waals surface area contributed by atoms with Gasteiger partial charge >= 0.3 is 5.97 Å². The van der Waals surface area contributed by atoms with Gasteiger partial charge in [0.25, 0.3) is 5.91 Å². The van der Waals surface area contributed by atoms with Crippen LogP contribution in [-0.4, -0.2) is 56.8 Å². The molecule has 0 aromatic heterocycles. The molecule has 0 bridgehead atoms. The van der Waals surface area contributed by atoms with Gasteiger partial charge in [0.15, 0.2) is 0 Å². The molecule has 52 heavy (non-hydrogen) atoms. The number of aliphatic carboxylic acids is 1. The number of rotatable bonds is 9. The van der Waals surface area contributed by atoms with Gasteiger partial charge in [0.05, 0.1) is 11.6 Å². The molecule has 3 aliphatic heterocycles. The summed E-state index contributed by atoms with van der Waals surface area (Å²) in [6.45, 7) is 2.85. The number of carboxylic acids is 1. The Morgan fingerprint density at radius 1 is 0.904 bits per heavy atom. The van der Waals surface area contributed by atoms with Crippen LogP contribution in [0.3, 0.4) is 0 Å². The summed E-state index contributed by atoms with van der Waals surface area (Å²) in [4.78, 5) is 32.6. The number of carbonyl (C=O) groups is 2. The van der Waals surface area contributed by atoms with Crippen LogP contribution >= 0.6 is 35.7 Å². The van der Waals surface area contributed by atoms with Crippen molar-refractivity contribution in [3.8, 4) is 0 Å². The predicted octanol–water partition coefficient (Wildman–Crippen LogP) is 9.98. The number of benzene rings is 4. The topological polar surface area (TPSA) is 64.1 Å². The van der Waals surface area contributed by atoms with Gasteiger partial charge in [-0.05, 0) is 89.1 Å². The zero-order valence-corrected chi connectivity index (χ0v) is 31.4. The van der Waals surface area contributed by atoms with Gasteiger partial charge in [-0.2, -0.15) is 0 Å². The smallest absolute Gasteiger partial charge is 0.323 e. The van der Waals surface area contributed by atoms with Gasteiger partial charge in [0, 0.05) is 34.8 Å². The van der Waals surface area contributed by atoms with Crippen LogP contribution in [0.5, 0.6) is 0 Å². The number of fused-ring (bicyclic) bond motifs is 3. The molecule has 1 amide bonds. The first kappa shape index (κ1) is 34.5. The molecule has 262 valence electrons. The predicted molar refractivity (Wildman–Crippen MR) is 219 cm³/mol. The van der Waals surface area contributed by atoms with E-state index in [0.717, 1.165) is 35.3 Å². The monoisotopic (exact) mass is 741 g/mol. The van der Waals surface area contributed by atoms with E-state index in [4.69, 9.17) is 12.2 Å². The zero-order chi connectivity index (χ0) is 35.8. The molecule has 2 unspecified atom stereocenters. The lowest BCUT2D eigenvalue weighted by molar-refractivity contribution is -0.137. The lowest BCUT2D eigenvalue weighted by Crippen LogP contribution is -2.30. The third-order valence-electron chi connectivity index (χ3n) is 10.2. The van der Waals surface area contributed by atoms with E-state index in [2.05, 4.69) is 120 Å². The van der Waals surface area contributed by atoms with Crippen molar-refractivity contribution < 1.29 is 14.7 Å². The van der Waals surface area contributed by atoms with Crippen molar-refractivity contribution in [2.24, 2.45) is 0 Å². The second-order valence-corrected chi connectivity index (χ2v) is 16.4. The van der Waals surface area contributed by atoms with Crippen molar-refractivity contribution in [2.45, 2.75) is 44.6 Å². The van der Waals surface area contributed by atoms with Crippen molar-refractivity contribution in [3.05, 3.63) is 146 Å². The Morgan fingerprint density at radius 3 is 2.27 bits per heavy atom. The molecule has 4 aromatic rings. The summed E-state index contributed by atoms with van der Waals surface area (Å²) in [7, 11) is 0. The lowest BCUT2D eigenvalue weighted by atomic mass is 9.95. The van der Waals surface area contributed by atoms with Crippen LogP contribution in [0.2, 0.25) is 0 Å². The molecule has 3 fully saturated rings. The largest absolute Gasteiger partial charge is 0.480 e. The summed E-state index contributed by atoms with van der Waals surface area (Å²) < 4.78 is 0.534. The summed E-state index contributed by atoms with van der Waals surface area (Å²) in [5.74, 6) is -0.589. The number of hydrogen-bond donors (Lipinski definition) is 1. The number of thioether (sulfide) groups is 2. The van der Waals surface area contributed by atoms with Gasteiger partial charge in [-0.15, -0.1) is 0 Å². The van der Waals surface area contributed by atoms with Gasteiger partial charge in [-0.3, -0.25) is 14.5 Å². The van der Waals surface area contributed by atoms with Gasteiger partial charge < -0.3 is 14.9 Å². The molecule has 1 saturated carbocycles. The average Bonchev–Trinajstić information content (AvgIpc) is 3.92. The quantitative estimate of drug-likeness (QED) is 0.103. The van der Waals surface area contributed by atoms with E-state index in [1.54, 1.807) is 9.80 Å². The number of hydrogen-bond acceptors (Lipinski definition) is 7. The van der Waals surface area contributed by atoms with E-state index in [0.29, 0.717) is 39.3 Å². The van der Waals surface area contributed by atoms with E-state index in [1.807, 2.05) is 6.92 Å². The van der Waals surface area contributed by atoms with Gasteiger partial charge in [-0.25, -0.2) is 0 Å². The molecule has 8 rings (SSSR count). The Balaban J connectivity index is 1.08. The Labute approximate surface area is 318 Å². The number of carboxylic acid groups (broad SMARTS) is 1. The molecular weight excluding hydrogens is 703 g/mol. The molecule has 2 saturated heterocycles. The number of anilines is 2. The summed E-state index contributed by atoms with van der Waals surface area (Å²) in [6, 6.07) is 37.3. The summed E-state index contributed by atoms with van der Waals surface area (Å²) in [5.41, 5.74) is 9.69. The molecule has 1 aliphatic carbocycles. The van der Waals surface area contributed by atoms with E-state index >= 15 is 0 Å². The number of carbonyl (C=O) groups excluding carboxylic acids is 1. The number of nitrogens with zero attached hydrogens (tertiary/aromatic N) is 3. The first-order valence-corrected chi connectivity index (χ1v) is 19.9. The molecular formula is C43H39N3O3S3. The van der Waals surface area contributed by atoms with Crippen LogP contribution in [0.1, 0.15) is 66.3 Å². The standard InChI is InChI=1S/C43H39N3O3S3/c1-2-22-45-41(49)40(52-43(45)50)42-44(27-39(47)48)26-33(51-42)23-29-18-21-38-36(25-29)34-14-9-15-37(34)46(38)32-19-16-28(17-20-32)24-35(30-10-5-3-6-11-30)31-12-7-4-8-13-31/h3-8,10-13,16-21,23-25,34,37H,2,9,14-15,22,26-27H2,1H3,(H,47,48)/b33-23+,42-40-. The Bertz CT molecular complexity index is 2090. The molecule has 9 heteroatoms. The van der Waals surface area contributed by atoms with Crippen LogP contribution in [0, 0.1) is 0 Å². The third kappa shape index (κ3) is 6.73. The van der Waals surface area contributed by atoms with Crippen LogP contribution < -0.4 is 4.90 Å². The minimum absolute atomic E-state index is 0.127. The SMILES string of the molecule is CCCN1C(=O)/C(=C2/S/C(=C/c3ccc4c(c3)C3CCCC3N4c3ccc(C=C(c4ccccc4)c4ccccc4)cc3)CN2CC(=O)O)SC1=S. The normalized spacial score (nSPS) is 21.6. The molecule has 1 N–H and O–H groups in total. The van der Waals surface area contributed by atoms with Gasteiger partial charge in [-0.1, -0.05) is 128 Å². The highest BCUT2D eigenvalue weighted by molar-refractivity contribution is 8.27. The average molecular weight is 742 g/mol. The van der Waals surface area contributed by atoms with Gasteiger partial charge in [0.2, 0.25) is 0 Å². The lowest BCUT2D eigenvalue weighted by Gasteiger charge is -2.27. The Hall–Kier alpha value is -4.57. The molecule has 4 aliphatic rings. The Kier molecular flexibility index (Phi) is 9.83. The van der Waals surface area contributed by atoms with Crippen LogP contribution in [-0.2, 0) is 9.59 Å². The summed E-state index contributed by atoms with van der Waals surface area (Å²) in [5, 5.41) is 10.4. The third-order valence-corrected chi connectivity index (χ3v) is 12.9.